The molecule has 0 radical (unpaired) electrons. The molecule has 0 aliphatic rings. The van der Waals surface area contributed by atoms with Gasteiger partial charge in [0.15, 0.2) is 16.9 Å². The second-order valence-electron chi connectivity index (χ2n) is 8.92. The molecule has 0 aliphatic heterocycles. The molecule has 0 amide bonds. The van der Waals surface area contributed by atoms with Crippen molar-refractivity contribution in [1.82, 2.24) is 44.0 Å². The van der Waals surface area contributed by atoms with E-state index in [1.165, 1.54) is 5.56 Å². The highest BCUT2D eigenvalue weighted by Gasteiger charge is 2.01. The Kier molecular flexibility index (Phi) is 11.1. The van der Waals surface area contributed by atoms with E-state index in [0.29, 0.717) is 0 Å². The summed E-state index contributed by atoms with van der Waals surface area (Å²) in [7, 11) is 3.93. The molecule has 0 atom stereocenters. The first kappa shape index (κ1) is 31.1. The van der Waals surface area contributed by atoms with Gasteiger partial charge in [-0.25, -0.2) is 29.9 Å². The second-order valence-corrected chi connectivity index (χ2v) is 10.8. The summed E-state index contributed by atoms with van der Waals surface area (Å²) in [5, 5.41) is 0. The number of pyridine rings is 3. The Morgan fingerprint density at radius 2 is 1.35 bits per heavy atom. The number of H-pyrrole nitrogens is 1. The molecule has 7 rings (SSSR count). The Morgan fingerprint density at radius 3 is 2.02 bits per heavy atom. The van der Waals surface area contributed by atoms with Gasteiger partial charge in [-0.3, -0.25) is 0 Å². The van der Waals surface area contributed by atoms with Crippen LogP contribution >= 0.6 is 31.9 Å². The minimum atomic E-state index is 0.250. The lowest BCUT2D eigenvalue weighted by Gasteiger charge is -1.97. The smallest absolute Gasteiger partial charge is 0.343 e. The number of carbonyl (C=O) groups excluding carboxylic acids is 2. The van der Waals surface area contributed by atoms with Crippen LogP contribution in [-0.4, -0.2) is 50.2 Å². The first-order valence-electron chi connectivity index (χ1n) is 12.7. The van der Waals surface area contributed by atoms with Gasteiger partial charge in [-0.15, -0.1) is 0 Å². The van der Waals surface area contributed by atoms with Gasteiger partial charge in [0.25, 0.3) is 0 Å². The largest absolute Gasteiger partial charge is 0.373 e. The summed E-state index contributed by atoms with van der Waals surface area (Å²) < 4.78 is 5.86. The minimum absolute atomic E-state index is 0.250. The van der Waals surface area contributed by atoms with Crippen molar-refractivity contribution >= 4 is 77.6 Å². The number of fused-ring (bicyclic) bond motifs is 3. The van der Waals surface area contributed by atoms with E-state index in [0.717, 1.165) is 54.4 Å². The molecule has 216 valence electrons. The zero-order chi connectivity index (χ0) is 30.6. The molecule has 6 heterocycles. The number of aromatic amines is 1. The van der Waals surface area contributed by atoms with E-state index < -0.39 is 0 Å². The summed E-state index contributed by atoms with van der Waals surface area (Å²) >= 11 is 6.65. The SMILES string of the molecule is Brc1cnc2nc[nH]c2c1.Cn1cnc2ncc(/C=C/Cc3ccccc3)cc21.Cn1cnc2ncc(Br)cc21.O=C=O. The number of nitrogens with zero attached hydrogens (tertiary/aromatic N) is 8. The van der Waals surface area contributed by atoms with Crippen LogP contribution in [0.3, 0.4) is 0 Å². The van der Waals surface area contributed by atoms with Crippen molar-refractivity contribution in [3.8, 4) is 0 Å². The number of benzene rings is 1. The van der Waals surface area contributed by atoms with Crippen LogP contribution in [0.5, 0.6) is 0 Å². The molecule has 43 heavy (non-hydrogen) atoms. The standard InChI is InChI=1S/C16H15N3.C7H6BrN3.C6H4BrN3.CO2/c1-19-12-18-16-15(19)10-14(11-17-16)9-5-8-13-6-3-2-4-7-13;1-11-4-10-7-6(11)2-5(8)3-9-7;7-4-1-5-6(8-2-4)10-3-9-5;2-1-3/h2-7,9-12H,8H2,1H3;2-4H,1H3;1-3H,(H,8,9,10);/b9-5+;;;. The van der Waals surface area contributed by atoms with Gasteiger partial charge in [0, 0.05) is 41.6 Å². The molecule has 0 saturated carbocycles. The predicted octanol–water partition coefficient (Wildman–Crippen LogP) is 6.09. The second kappa shape index (κ2) is 15.4. The minimum Gasteiger partial charge on any atom is -0.343 e. The molecule has 13 heteroatoms. The van der Waals surface area contributed by atoms with Crippen LogP contribution < -0.4 is 0 Å². The summed E-state index contributed by atoms with van der Waals surface area (Å²) in [5.41, 5.74) is 7.80. The molecule has 0 aliphatic carbocycles. The fraction of sp³-hybridized carbons (Fsp3) is 0.100. The van der Waals surface area contributed by atoms with E-state index in [-0.39, 0.29) is 6.15 Å². The van der Waals surface area contributed by atoms with Crippen LogP contribution in [0.2, 0.25) is 0 Å². The van der Waals surface area contributed by atoms with Gasteiger partial charge >= 0.3 is 6.15 Å². The van der Waals surface area contributed by atoms with Crippen molar-refractivity contribution in [3.63, 3.8) is 0 Å². The molecule has 1 N–H and O–H groups in total. The van der Waals surface area contributed by atoms with Gasteiger partial charge in [-0.2, -0.15) is 9.59 Å². The Hall–Kier alpha value is -4.84. The molecule has 11 nitrogen and oxygen atoms in total. The zero-order valence-corrected chi connectivity index (χ0v) is 26.3. The maximum atomic E-state index is 8.12. The monoisotopic (exact) mass is 701 g/mol. The average molecular weight is 703 g/mol. The van der Waals surface area contributed by atoms with Crippen LogP contribution in [-0.2, 0) is 30.1 Å². The maximum absolute atomic E-state index is 8.12. The maximum Gasteiger partial charge on any atom is 0.373 e. The average Bonchev–Trinajstić information content (AvgIpc) is 3.73. The summed E-state index contributed by atoms with van der Waals surface area (Å²) in [6.07, 6.45) is 15.9. The lowest BCUT2D eigenvalue weighted by Crippen LogP contribution is -1.86. The van der Waals surface area contributed by atoms with Gasteiger partial charge in [0.1, 0.15) is 0 Å². The summed E-state index contributed by atoms with van der Waals surface area (Å²) in [6.45, 7) is 0. The first-order chi connectivity index (χ1) is 20.9. The Morgan fingerprint density at radius 1 is 0.767 bits per heavy atom. The summed E-state index contributed by atoms with van der Waals surface area (Å²) in [5.74, 6) is 0. The molecule has 1 aromatic carbocycles. The Bertz CT molecular complexity index is 1990. The fourth-order valence-electron chi connectivity index (χ4n) is 3.85. The molecule has 0 saturated heterocycles. The molecule has 0 fully saturated rings. The van der Waals surface area contributed by atoms with Gasteiger partial charge in [0.05, 0.1) is 35.5 Å². The third kappa shape index (κ3) is 8.82. The third-order valence-electron chi connectivity index (χ3n) is 5.90. The number of aryl methyl sites for hydroxylation is 2. The predicted molar refractivity (Wildman–Crippen MR) is 170 cm³/mol. The van der Waals surface area contributed by atoms with Crippen molar-refractivity contribution in [2.45, 2.75) is 6.42 Å². The fourth-order valence-corrected chi connectivity index (χ4v) is 4.50. The van der Waals surface area contributed by atoms with Crippen LogP contribution in [0, 0.1) is 0 Å². The molecule has 7 aromatic rings. The number of halogens is 2. The molecular weight excluding hydrogens is 678 g/mol. The van der Waals surface area contributed by atoms with E-state index in [2.05, 4.69) is 109 Å². The number of rotatable bonds is 3. The molecule has 6 aromatic heterocycles. The zero-order valence-electron chi connectivity index (χ0n) is 23.1. The van der Waals surface area contributed by atoms with E-state index in [1.807, 2.05) is 47.6 Å². The molecule has 0 unspecified atom stereocenters. The van der Waals surface area contributed by atoms with Crippen LogP contribution in [0.25, 0.3) is 39.6 Å². The molecular formula is C30H25Br2N9O2. The Balaban J connectivity index is 0.000000150. The van der Waals surface area contributed by atoms with E-state index in [4.69, 9.17) is 9.59 Å². The lowest BCUT2D eigenvalue weighted by molar-refractivity contribution is -0.191. The highest BCUT2D eigenvalue weighted by molar-refractivity contribution is 9.10. The summed E-state index contributed by atoms with van der Waals surface area (Å²) in [4.78, 5) is 44.0. The Labute approximate surface area is 263 Å². The van der Waals surface area contributed by atoms with Crippen molar-refractivity contribution in [1.29, 1.82) is 0 Å². The quantitative estimate of drug-likeness (QED) is 0.234. The number of allylic oxidation sites excluding steroid dienone is 1. The number of nitrogens with one attached hydrogen (secondary N) is 1. The molecule has 0 bridgehead atoms. The number of imidazole rings is 3. The van der Waals surface area contributed by atoms with Crippen molar-refractivity contribution in [3.05, 3.63) is 112 Å². The van der Waals surface area contributed by atoms with Crippen molar-refractivity contribution < 1.29 is 9.59 Å². The first-order valence-corrected chi connectivity index (χ1v) is 14.3. The van der Waals surface area contributed by atoms with E-state index >= 15 is 0 Å². The third-order valence-corrected chi connectivity index (χ3v) is 6.76. The van der Waals surface area contributed by atoms with E-state index in [1.54, 1.807) is 31.4 Å². The lowest BCUT2D eigenvalue weighted by atomic mass is 10.1. The number of aromatic nitrogens is 9. The van der Waals surface area contributed by atoms with Crippen LogP contribution in [0.1, 0.15) is 11.1 Å². The van der Waals surface area contributed by atoms with Crippen LogP contribution in [0.4, 0.5) is 0 Å². The topological polar surface area (TPSA) is 137 Å². The highest BCUT2D eigenvalue weighted by Crippen LogP contribution is 2.15. The molecule has 0 spiro atoms. The summed E-state index contributed by atoms with van der Waals surface area (Å²) in [6, 6.07) is 16.5. The van der Waals surface area contributed by atoms with E-state index in [9.17, 15) is 0 Å². The van der Waals surface area contributed by atoms with Gasteiger partial charge in [-0.05, 0) is 67.6 Å². The van der Waals surface area contributed by atoms with Gasteiger partial charge < -0.3 is 14.1 Å². The number of hydrogen-bond acceptors (Lipinski definition) is 8. The van der Waals surface area contributed by atoms with Crippen LogP contribution in [0.15, 0.2) is 101 Å². The number of hydrogen-bond donors (Lipinski definition) is 1. The highest BCUT2D eigenvalue weighted by atomic mass is 79.9. The van der Waals surface area contributed by atoms with Gasteiger partial charge in [-0.1, -0.05) is 42.5 Å². The van der Waals surface area contributed by atoms with Crippen molar-refractivity contribution in [2.75, 3.05) is 0 Å². The normalized spacial score (nSPS) is 10.4. The van der Waals surface area contributed by atoms with Gasteiger partial charge in [0.2, 0.25) is 0 Å². The van der Waals surface area contributed by atoms with Crippen molar-refractivity contribution in [2.24, 2.45) is 14.1 Å².